The van der Waals surface area contributed by atoms with Crippen LogP contribution in [0.3, 0.4) is 0 Å². The van der Waals surface area contributed by atoms with Crippen molar-refractivity contribution in [3.63, 3.8) is 0 Å². The van der Waals surface area contributed by atoms with E-state index < -0.39 is 20.9 Å². The zero-order valence-corrected chi connectivity index (χ0v) is 16.3. The van der Waals surface area contributed by atoms with Gasteiger partial charge in [-0.15, -0.1) is 4.40 Å². The number of nitro groups is 1. The van der Waals surface area contributed by atoms with Crippen molar-refractivity contribution in [2.75, 3.05) is 6.54 Å². The molecule has 1 saturated heterocycles. The summed E-state index contributed by atoms with van der Waals surface area (Å²) in [7, 11) is -3.97. The lowest BCUT2D eigenvalue weighted by atomic mass is 10.2. The molecule has 0 spiro atoms. The van der Waals surface area contributed by atoms with Gasteiger partial charge in [0.2, 0.25) is 0 Å². The summed E-state index contributed by atoms with van der Waals surface area (Å²) in [5, 5.41) is 11.0. The van der Waals surface area contributed by atoms with Crippen LogP contribution in [0.4, 0.5) is 5.69 Å². The molecule has 1 aliphatic rings. The van der Waals surface area contributed by atoms with Gasteiger partial charge in [-0.2, -0.15) is 8.42 Å². The Bertz CT molecular complexity index is 1100. The lowest BCUT2D eigenvalue weighted by Crippen LogP contribution is -2.29. The van der Waals surface area contributed by atoms with Gasteiger partial charge in [0.1, 0.15) is 0 Å². The standard InChI is InChI=1S/C18H15N3O5S2/c1-2-20-17(22)16(12-13-7-6-8-14(11-13)21(23)24)27-18(20)19-28(25,26)15-9-4-3-5-10-15/h3-12H,2H2,1H3/b16-12-,19-18+. The van der Waals surface area contributed by atoms with Crippen molar-refractivity contribution in [1.82, 2.24) is 4.90 Å². The monoisotopic (exact) mass is 417 g/mol. The van der Waals surface area contributed by atoms with Crippen LogP contribution in [0.15, 0.2) is 68.8 Å². The molecule has 10 heteroatoms. The molecule has 1 amide bonds. The highest BCUT2D eigenvalue weighted by Crippen LogP contribution is 2.33. The summed E-state index contributed by atoms with van der Waals surface area (Å²) in [6, 6.07) is 13.6. The van der Waals surface area contributed by atoms with Gasteiger partial charge < -0.3 is 0 Å². The first-order chi connectivity index (χ1) is 13.3. The molecule has 2 aromatic carbocycles. The largest absolute Gasteiger partial charge is 0.286 e. The maximum atomic E-state index is 12.6. The fourth-order valence-corrected chi connectivity index (χ4v) is 4.75. The van der Waals surface area contributed by atoms with Crippen LogP contribution in [0.1, 0.15) is 12.5 Å². The molecule has 0 bridgehead atoms. The van der Waals surface area contributed by atoms with Gasteiger partial charge in [-0.25, -0.2) is 0 Å². The molecule has 1 heterocycles. The second kappa shape index (κ2) is 7.95. The number of carbonyl (C=O) groups is 1. The van der Waals surface area contributed by atoms with Gasteiger partial charge in [-0.3, -0.25) is 19.8 Å². The summed E-state index contributed by atoms with van der Waals surface area (Å²) < 4.78 is 28.8. The first-order valence-electron chi connectivity index (χ1n) is 8.17. The van der Waals surface area contributed by atoms with E-state index in [-0.39, 0.29) is 27.2 Å². The maximum Gasteiger partial charge on any atom is 0.284 e. The topological polar surface area (TPSA) is 110 Å². The van der Waals surface area contributed by atoms with Crippen LogP contribution in [0.5, 0.6) is 0 Å². The Labute approximate surface area is 165 Å². The number of thioether (sulfide) groups is 1. The average molecular weight is 417 g/mol. The van der Waals surface area contributed by atoms with Crippen LogP contribution in [-0.4, -0.2) is 35.9 Å². The number of hydrogen-bond donors (Lipinski definition) is 0. The summed E-state index contributed by atoms with van der Waals surface area (Å²) in [5.41, 5.74) is 0.367. The number of benzene rings is 2. The molecule has 8 nitrogen and oxygen atoms in total. The van der Waals surface area contributed by atoms with Crippen molar-refractivity contribution in [3.8, 4) is 0 Å². The maximum absolute atomic E-state index is 12.6. The van der Waals surface area contributed by atoms with Gasteiger partial charge in [0.05, 0.1) is 14.7 Å². The average Bonchev–Trinajstić information content (AvgIpc) is 2.96. The third-order valence-electron chi connectivity index (χ3n) is 3.82. The van der Waals surface area contributed by atoms with Crippen LogP contribution in [0.25, 0.3) is 6.08 Å². The van der Waals surface area contributed by atoms with Crippen LogP contribution >= 0.6 is 11.8 Å². The summed E-state index contributed by atoms with van der Waals surface area (Å²) in [4.78, 5) is 24.5. The summed E-state index contributed by atoms with van der Waals surface area (Å²) in [6.45, 7) is 1.95. The summed E-state index contributed by atoms with van der Waals surface area (Å²) in [6.07, 6.45) is 1.49. The van der Waals surface area contributed by atoms with E-state index in [1.165, 1.54) is 41.3 Å². The van der Waals surface area contributed by atoms with E-state index in [0.717, 1.165) is 11.8 Å². The molecule has 0 N–H and O–H groups in total. The predicted molar refractivity (Wildman–Crippen MR) is 107 cm³/mol. The predicted octanol–water partition coefficient (Wildman–Crippen LogP) is 3.28. The second-order valence-electron chi connectivity index (χ2n) is 5.67. The van der Waals surface area contributed by atoms with Gasteiger partial charge in [0.25, 0.3) is 21.6 Å². The Morgan fingerprint density at radius 2 is 1.89 bits per heavy atom. The van der Waals surface area contributed by atoms with E-state index in [9.17, 15) is 23.3 Å². The number of nitro benzene ring substituents is 1. The van der Waals surface area contributed by atoms with Gasteiger partial charge >= 0.3 is 0 Å². The molecular weight excluding hydrogens is 402 g/mol. The minimum Gasteiger partial charge on any atom is -0.286 e. The molecule has 0 radical (unpaired) electrons. The first-order valence-corrected chi connectivity index (χ1v) is 10.4. The van der Waals surface area contributed by atoms with Crippen molar-refractivity contribution >= 4 is 44.6 Å². The lowest BCUT2D eigenvalue weighted by Gasteiger charge is -2.11. The fourth-order valence-electron chi connectivity index (χ4n) is 2.48. The van der Waals surface area contributed by atoms with Crippen molar-refractivity contribution in [2.45, 2.75) is 11.8 Å². The van der Waals surface area contributed by atoms with Gasteiger partial charge in [-0.1, -0.05) is 30.3 Å². The van der Waals surface area contributed by atoms with Crippen LogP contribution < -0.4 is 0 Å². The number of nitrogens with zero attached hydrogens (tertiary/aromatic N) is 3. The smallest absolute Gasteiger partial charge is 0.284 e. The highest BCUT2D eigenvalue weighted by atomic mass is 32.2. The van der Waals surface area contributed by atoms with E-state index in [1.54, 1.807) is 31.2 Å². The Morgan fingerprint density at radius 1 is 1.18 bits per heavy atom. The Morgan fingerprint density at radius 3 is 2.54 bits per heavy atom. The number of amidine groups is 1. The molecule has 0 unspecified atom stereocenters. The molecular formula is C18H15N3O5S2. The van der Waals surface area contributed by atoms with E-state index in [4.69, 9.17) is 0 Å². The normalized spacial score (nSPS) is 17.5. The molecule has 0 atom stereocenters. The number of carbonyl (C=O) groups excluding carboxylic acids is 1. The van der Waals surface area contributed by atoms with Crippen molar-refractivity contribution in [2.24, 2.45) is 4.40 Å². The van der Waals surface area contributed by atoms with Crippen molar-refractivity contribution < 1.29 is 18.1 Å². The Kier molecular flexibility index (Phi) is 5.61. The number of hydrogen-bond acceptors (Lipinski definition) is 6. The van der Waals surface area contributed by atoms with Crippen LogP contribution in [0, 0.1) is 10.1 Å². The summed E-state index contributed by atoms with van der Waals surface area (Å²) >= 11 is 0.921. The SMILES string of the molecule is CCN1C(=O)/C(=C/c2cccc([N+](=O)[O-])c2)S/C1=N/S(=O)(=O)c1ccccc1. The number of sulfonamides is 1. The molecule has 0 aromatic heterocycles. The summed E-state index contributed by atoms with van der Waals surface area (Å²) in [5.74, 6) is -0.402. The fraction of sp³-hybridized carbons (Fsp3) is 0.111. The van der Waals surface area contributed by atoms with Crippen LogP contribution in [-0.2, 0) is 14.8 Å². The number of rotatable bonds is 5. The second-order valence-corrected chi connectivity index (χ2v) is 8.29. The lowest BCUT2D eigenvalue weighted by molar-refractivity contribution is -0.384. The Hall–Kier alpha value is -2.98. The molecule has 2 aromatic rings. The van der Waals surface area contributed by atoms with Gasteiger partial charge in [0, 0.05) is 18.7 Å². The van der Waals surface area contributed by atoms with E-state index in [2.05, 4.69) is 4.40 Å². The zero-order chi connectivity index (χ0) is 20.3. The van der Waals surface area contributed by atoms with Crippen molar-refractivity contribution in [3.05, 3.63) is 75.2 Å². The van der Waals surface area contributed by atoms with E-state index in [1.807, 2.05) is 0 Å². The molecule has 0 saturated carbocycles. The minimum absolute atomic E-state index is 0.0303. The molecule has 1 fully saturated rings. The molecule has 0 aliphatic carbocycles. The first kappa shape index (κ1) is 19.8. The van der Waals surface area contributed by atoms with Crippen LogP contribution in [0.2, 0.25) is 0 Å². The van der Waals surface area contributed by atoms with Gasteiger partial charge in [0.15, 0.2) is 5.17 Å². The number of likely N-dealkylation sites (N-methyl/N-ethyl adjacent to an activating group) is 1. The van der Waals surface area contributed by atoms with E-state index in [0.29, 0.717) is 5.56 Å². The highest BCUT2D eigenvalue weighted by molar-refractivity contribution is 8.19. The van der Waals surface area contributed by atoms with Crippen molar-refractivity contribution in [1.29, 1.82) is 0 Å². The Balaban J connectivity index is 1.97. The molecule has 1 aliphatic heterocycles. The van der Waals surface area contributed by atoms with E-state index >= 15 is 0 Å². The third kappa shape index (κ3) is 4.12. The number of non-ortho nitro benzene ring substituents is 1. The highest BCUT2D eigenvalue weighted by Gasteiger charge is 2.34. The van der Waals surface area contributed by atoms with Gasteiger partial charge in [-0.05, 0) is 42.5 Å². The number of amides is 1. The quantitative estimate of drug-likeness (QED) is 0.419. The molecule has 144 valence electrons. The minimum atomic E-state index is -3.97. The third-order valence-corrected chi connectivity index (χ3v) is 6.23. The zero-order valence-electron chi connectivity index (χ0n) is 14.7. The molecule has 3 rings (SSSR count). The molecule has 28 heavy (non-hydrogen) atoms.